The average Bonchev–Trinajstić information content (AvgIpc) is 3.36. The van der Waals surface area contributed by atoms with Crippen LogP contribution in [0.2, 0.25) is 0 Å². The third kappa shape index (κ3) is 3.75. The van der Waals surface area contributed by atoms with Crippen molar-refractivity contribution < 1.29 is 9.84 Å². The highest BCUT2D eigenvalue weighted by atomic mass is 16.5. The van der Waals surface area contributed by atoms with Crippen molar-refractivity contribution in [1.82, 2.24) is 9.55 Å². The van der Waals surface area contributed by atoms with Gasteiger partial charge in [-0.05, 0) is 49.1 Å². The fourth-order valence-corrected chi connectivity index (χ4v) is 5.02. The molecule has 3 aromatic rings. The molecule has 2 atom stereocenters. The van der Waals surface area contributed by atoms with Crippen LogP contribution in [0.1, 0.15) is 49.3 Å². The van der Waals surface area contributed by atoms with Gasteiger partial charge in [0, 0.05) is 5.56 Å². The van der Waals surface area contributed by atoms with Gasteiger partial charge in [-0.2, -0.15) is 0 Å². The first-order valence-electron chi connectivity index (χ1n) is 10.7. The molecule has 1 aliphatic heterocycles. The molecule has 1 aliphatic carbocycles. The molecule has 2 heterocycles. The van der Waals surface area contributed by atoms with E-state index in [-0.39, 0.29) is 12.1 Å². The van der Waals surface area contributed by atoms with E-state index < -0.39 is 0 Å². The highest BCUT2D eigenvalue weighted by Gasteiger charge is 2.33. The summed E-state index contributed by atoms with van der Waals surface area (Å²) in [4.78, 5) is 4.33. The van der Waals surface area contributed by atoms with Crippen LogP contribution < -0.4 is 0 Å². The van der Waals surface area contributed by atoms with Crippen LogP contribution in [0.3, 0.4) is 0 Å². The molecule has 1 N–H and O–H groups in total. The van der Waals surface area contributed by atoms with Gasteiger partial charge in [0.1, 0.15) is 0 Å². The van der Waals surface area contributed by atoms with E-state index in [1.807, 2.05) is 18.6 Å². The first-order chi connectivity index (χ1) is 14.3. The zero-order valence-corrected chi connectivity index (χ0v) is 16.7. The molecule has 5 rings (SSSR count). The second kappa shape index (κ2) is 8.13. The number of imidazole rings is 1. The third-order valence-corrected chi connectivity index (χ3v) is 6.65. The molecule has 4 heteroatoms. The predicted octanol–water partition coefficient (Wildman–Crippen LogP) is 4.98. The molecule has 0 unspecified atom stereocenters. The molecule has 2 aliphatic rings. The number of hydrogen-bond acceptors (Lipinski definition) is 3. The average molecular weight is 389 g/mol. The Balaban J connectivity index is 1.17. The number of benzene rings is 2. The minimum Gasteiger partial charge on any atom is -0.393 e. The second-order valence-corrected chi connectivity index (χ2v) is 8.43. The maximum atomic E-state index is 11.0. The summed E-state index contributed by atoms with van der Waals surface area (Å²) in [6.07, 6.45) is 8.74. The quantitative estimate of drug-likeness (QED) is 0.648. The lowest BCUT2D eigenvalue weighted by molar-refractivity contribution is -0.0160. The molecule has 0 saturated heterocycles. The first kappa shape index (κ1) is 18.6. The molecule has 1 aromatic heterocycles. The van der Waals surface area contributed by atoms with Crippen LogP contribution in [0, 0.1) is 5.92 Å². The molecule has 0 bridgehead atoms. The Morgan fingerprint density at radius 3 is 2.59 bits per heavy atom. The van der Waals surface area contributed by atoms with Crippen molar-refractivity contribution in [3.05, 3.63) is 78.2 Å². The maximum Gasteiger partial charge on any atom is 0.0956 e. The molecular formula is C25H28N2O2. The highest BCUT2D eigenvalue weighted by Crippen LogP contribution is 2.42. The Kier molecular flexibility index (Phi) is 5.21. The van der Waals surface area contributed by atoms with E-state index in [0.717, 1.165) is 37.8 Å². The van der Waals surface area contributed by atoms with Crippen LogP contribution in [-0.2, 0) is 11.3 Å². The Morgan fingerprint density at radius 2 is 1.76 bits per heavy atom. The van der Waals surface area contributed by atoms with Gasteiger partial charge in [-0.15, -0.1) is 0 Å². The molecule has 1 fully saturated rings. The Hall–Kier alpha value is -2.43. The van der Waals surface area contributed by atoms with Gasteiger partial charge < -0.3 is 14.4 Å². The van der Waals surface area contributed by atoms with E-state index in [1.54, 1.807) is 0 Å². The molecular weight excluding hydrogens is 360 g/mol. The summed E-state index contributed by atoms with van der Waals surface area (Å²) < 4.78 is 8.34. The summed E-state index contributed by atoms with van der Waals surface area (Å²) in [5, 5.41) is 11.0. The highest BCUT2D eigenvalue weighted by molar-refractivity contribution is 5.68. The summed E-state index contributed by atoms with van der Waals surface area (Å²) in [5.74, 6) is 0.353. The molecule has 0 radical (unpaired) electrons. The Morgan fingerprint density at radius 1 is 1.00 bits per heavy atom. The van der Waals surface area contributed by atoms with E-state index in [1.165, 1.54) is 16.7 Å². The van der Waals surface area contributed by atoms with Crippen molar-refractivity contribution >= 4 is 0 Å². The molecule has 4 nitrogen and oxygen atoms in total. The van der Waals surface area contributed by atoms with Crippen molar-refractivity contribution in [1.29, 1.82) is 0 Å². The van der Waals surface area contributed by atoms with Gasteiger partial charge in [-0.3, -0.25) is 0 Å². The molecule has 1 saturated carbocycles. The summed E-state index contributed by atoms with van der Waals surface area (Å²) in [6, 6.07) is 19.1. The van der Waals surface area contributed by atoms with Crippen LogP contribution in [0.15, 0.2) is 67.1 Å². The SMILES string of the molecule is O[C@@H](C[C@H]1c2ccccc2-c2cncn21)C1CCC(OCc2ccccc2)CC1. The maximum absolute atomic E-state index is 11.0. The number of nitrogens with zero attached hydrogens (tertiary/aromatic N) is 2. The monoisotopic (exact) mass is 388 g/mol. The van der Waals surface area contributed by atoms with Gasteiger partial charge >= 0.3 is 0 Å². The third-order valence-electron chi connectivity index (χ3n) is 6.65. The summed E-state index contributed by atoms with van der Waals surface area (Å²) >= 11 is 0. The fourth-order valence-electron chi connectivity index (χ4n) is 5.02. The van der Waals surface area contributed by atoms with Crippen LogP contribution >= 0.6 is 0 Å². The number of aliphatic hydroxyl groups is 1. The number of aliphatic hydroxyl groups excluding tert-OH is 1. The standard InChI is InChI=1S/C25H28N2O2/c28-25(14-23-21-8-4-5-9-22(21)24-15-26-17-27(23)24)19-10-12-20(13-11-19)29-16-18-6-2-1-3-7-18/h1-9,15,17,19-20,23,25,28H,10-14,16H2/t19?,20?,23-,25-/m0/s1. The van der Waals surface area contributed by atoms with Gasteiger partial charge in [-0.25, -0.2) is 4.98 Å². The smallest absolute Gasteiger partial charge is 0.0956 e. The number of hydrogen-bond donors (Lipinski definition) is 1. The van der Waals surface area contributed by atoms with Crippen molar-refractivity contribution in [2.24, 2.45) is 5.92 Å². The van der Waals surface area contributed by atoms with Crippen molar-refractivity contribution in [3.63, 3.8) is 0 Å². The van der Waals surface area contributed by atoms with Crippen molar-refractivity contribution in [2.45, 2.75) is 57.0 Å². The van der Waals surface area contributed by atoms with Crippen LogP contribution in [0.4, 0.5) is 0 Å². The predicted molar refractivity (Wildman–Crippen MR) is 113 cm³/mol. The van der Waals surface area contributed by atoms with E-state index in [2.05, 4.69) is 58.1 Å². The Labute approximate surface area is 172 Å². The normalized spacial score (nSPS) is 24.1. The van der Waals surface area contributed by atoms with Gasteiger partial charge in [0.25, 0.3) is 0 Å². The zero-order valence-electron chi connectivity index (χ0n) is 16.7. The summed E-state index contributed by atoms with van der Waals surface area (Å²) in [7, 11) is 0. The largest absolute Gasteiger partial charge is 0.393 e. The first-order valence-corrected chi connectivity index (χ1v) is 10.7. The molecule has 0 amide bonds. The lowest BCUT2D eigenvalue weighted by atomic mass is 9.81. The molecule has 0 spiro atoms. The zero-order chi connectivity index (χ0) is 19.6. The van der Waals surface area contributed by atoms with Gasteiger partial charge in [-0.1, -0.05) is 54.6 Å². The number of rotatable bonds is 6. The van der Waals surface area contributed by atoms with Crippen LogP contribution in [0.25, 0.3) is 11.3 Å². The number of fused-ring (bicyclic) bond motifs is 3. The van der Waals surface area contributed by atoms with Crippen molar-refractivity contribution in [3.8, 4) is 11.3 Å². The summed E-state index contributed by atoms with van der Waals surface area (Å²) in [5.41, 5.74) is 4.95. The molecule has 29 heavy (non-hydrogen) atoms. The van der Waals surface area contributed by atoms with Gasteiger partial charge in [0.05, 0.1) is 43.1 Å². The minimum absolute atomic E-state index is 0.186. The molecule has 2 aromatic carbocycles. The van der Waals surface area contributed by atoms with E-state index in [4.69, 9.17) is 4.74 Å². The van der Waals surface area contributed by atoms with Crippen molar-refractivity contribution in [2.75, 3.05) is 0 Å². The lowest BCUT2D eigenvalue weighted by Crippen LogP contribution is -2.30. The Bertz CT molecular complexity index is 944. The van der Waals surface area contributed by atoms with Crippen LogP contribution in [-0.4, -0.2) is 26.9 Å². The minimum atomic E-state index is -0.295. The molecule has 150 valence electrons. The summed E-state index contributed by atoms with van der Waals surface area (Å²) in [6.45, 7) is 0.682. The van der Waals surface area contributed by atoms with E-state index >= 15 is 0 Å². The number of aromatic nitrogens is 2. The van der Waals surface area contributed by atoms with Gasteiger partial charge in [0.15, 0.2) is 0 Å². The van der Waals surface area contributed by atoms with Crippen LogP contribution in [0.5, 0.6) is 0 Å². The van der Waals surface area contributed by atoms with E-state index in [0.29, 0.717) is 18.6 Å². The topological polar surface area (TPSA) is 47.3 Å². The lowest BCUT2D eigenvalue weighted by Gasteiger charge is -2.32. The van der Waals surface area contributed by atoms with Gasteiger partial charge in [0.2, 0.25) is 0 Å². The van der Waals surface area contributed by atoms with E-state index in [9.17, 15) is 5.11 Å². The number of ether oxygens (including phenoxy) is 1. The fraction of sp³-hybridized carbons (Fsp3) is 0.400. The second-order valence-electron chi connectivity index (χ2n) is 8.43.